The SMILES string of the molecule is CC(C)CC1(CNCC(=O)NCC(F)(F)F)CCCC1. The van der Waals surface area contributed by atoms with E-state index in [0.717, 1.165) is 19.3 Å². The van der Waals surface area contributed by atoms with Crippen molar-refractivity contribution in [2.75, 3.05) is 19.6 Å². The molecule has 1 aliphatic carbocycles. The first-order valence-electron chi connectivity index (χ1n) is 7.27. The van der Waals surface area contributed by atoms with Crippen molar-refractivity contribution in [3.05, 3.63) is 0 Å². The Morgan fingerprint density at radius 1 is 1.25 bits per heavy atom. The Bertz CT molecular complexity index is 310. The molecule has 0 aromatic heterocycles. The minimum atomic E-state index is -4.35. The number of hydrogen-bond donors (Lipinski definition) is 2. The summed E-state index contributed by atoms with van der Waals surface area (Å²) >= 11 is 0. The summed E-state index contributed by atoms with van der Waals surface area (Å²) in [5.74, 6) is -0.00558. The van der Waals surface area contributed by atoms with Crippen LogP contribution in [0.4, 0.5) is 13.2 Å². The molecule has 2 N–H and O–H groups in total. The second-order valence-electron chi connectivity index (χ2n) is 6.30. The van der Waals surface area contributed by atoms with Gasteiger partial charge in [0.1, 0.15) is 6.54 Å². The van der Waals surface area contributed by atoms with Crippen molar-refractivity contribution in [2.24, 2.45) is 11.3 Å². The van der Waals surface area contributed by atoms with Crippen LogP contribution in [0.2, 0.25) is 0 Å². The van der Waals surface area contributed by atoms with Gasteiger partial charge in [-0.1, -0.05) is 26.7 Å². The first-order chi connectivity index (χ1) is 9.22. The van der Waals surface area contributed by atoms with Gasteiger partial charge in [-0.15, -0.1) is 0 Å². The summed E-state index contributed by atoms with van der Waals surface area (Å²) < 4.78 is 35.9. The molecule has 0 bridgehead atoms. The number of nitrogens with one attached hydrogen (secondary N) is 2. The largest absolute Gasteiger partial charge is 0.405 e. The monoisotopic (exact) mass is 294 g/mol. The van der Waals surface area contributed by atoms with Gasteiger partial charge in [-0.05, 0) is 30.6 Å². The molecule has 3 nitrogen and oxygen atoms in total. The summed E-state index contributed by atoms with van der Waals surface area (Å²) in [6.07, 6.45) is 1.44. The van der Waals surface area contributed by atoms with Gasteiger partial charge < -0.3 is 10.6 Å². The molecule has 1 saturated carbocycles. The van der Waals surface area contributed by atoms with Crippen molar-refractivity contribution in [1.82, 2.24) is 10.6 Å². The summed E-state index contributed by atoms with van der Waals surface area (Å²) in [7, 11) is 0. The Morgan fingerprint density at radius 2 is 1.85 bits per heavy atom. The van der Waals surface area contributed by atoms with Crippen LogP contribution in [0.3, 0.4) is 0 Å². The second kappa shape index (κ2) is 7.29. The Labute approximate surface area is 118 Å². The van der Waals surface area contributed by atoms with Crippen molar-refractivity contribution < 1.29 is 18.0 Å². The highest BCUT2D eigenvalue weighted by Gasteiger charge is 2.34. The molecule has 0 aromatic carbocycles. The van der Waals surface area contributed by atoms with E-state index in [0.29, 0.717) is 12.5 Å². The van der Waals surface area contributed by atoms with Crippen LogP contribution >= 0.6 is 0 Å². The highest BCUT2D eigenvalue weighted by Crippen LogP contribution is 2.42. The van der Waals surface area contributed by atoms with Gasteiger partial charge in [0, 0.05) is 6.54 Å². The number of hydrogen-bond acceptors (Lipinski definition) is 2. The van der Waals surface area contributed by atoms with Gasteiger partial charge in [-0.2, -0.15) is 13.2 Å². The van der Waals surface area contributed by atoms with E-state index in [1.807, 2.05) is 5.32 Å². The van der Waals surface area contributed by atoms with Crippen LogP contribution in [0.5, 0.6) is 0 Å². The maximum absolute atomic E-state index is 12.0. The molecular weight excluding hydrogens is 269 g/mol. The van der Waals surface area contributed by atoms with Crippen molar-refractivity contribution >= 4 is 5.91 Å². The lowest BCUT2D eigenvalue weighted by molar-refractivity contribution is -0.137. The highest BCUT2D eigenvalue weighted by molar-refractivity contribution is 5.78. The molecule has 1 rings (SSSR count). The molecule has 0 saturated heterocycles. The van der Waals surface area contributed by atoms with Crippen LogP contribution in [-0.2, 0) is 4.79 Å². The van der Waals surface area contributed by atoms with E-state index in [2.05, 4.69) is 19.2 Å². The topological polar surface area (TPSA) is 41.1 Å². The average Bonchev–Trinajstić information content (AvgIpc) is 2.73. The summed E-state index contributed by atoms with van der Waals surface area (Å²) in [4.78, 5) is 11.3. The second-order valence-corrected chi connectivity index (χ2v) is 6.30. The quantitative estimate of drug-likeness (QED) is 0.758. The Kier molecular flexibility index (Phi) is 6.30. The number of halogens is 3. The first-order valence-corrected chi connectivity index (χ1v) is 7.27. The van der Waals surface area contributed by atoms with Gasteiger partial charge in [0.25, 0.3) is 0 Å². The number of carbonyl (C=O) groups excluding carboxylic acids is 1. The van der Waals surface area contributed by atoms with Gasteiger partial charge in [-0.25, -0.2) is 0 Å². The van der Waals surface area contributed by atoms with Crippen LogP contribution in [0.15, 0.2) is 0 Å². The minimum absolute atomic E-state index is 0.0457. The fourth-order valence-electron chi connectivity index (χ4n) is 3.15. The third kappa shape index (κ3) is 6.59. The first kappa shape index (κ1) is 17.3. The molecule has 0 unspecified atom stereocenters. The molecule has 0 spiro atoms. The third-order valence-electron chi connectivity index (χ3n) is 3.78. The van der Waals surface area contributed by atoms with Crippen LogP contribution in [0.25, 0.3) is 0 Å². The molecule has 0 aliphatic heterocycles. The van der Waals surface area contributed by atoms with Crippen LogP contribution in [0, 0.1) is 11.3 Å². The van der Waals surface area contributed by atoms with Gasteiger partial charge in [-0.3, -0.25) is 4.79 Å². The molecule has 6 heteroatoms. The summed E-state index contributed by atoms with van der Waals surface area (Å²) in [5.41, 5.74) is 0.221. The standard InChI is InChI=1S/C14H25F3N2O/c1-11(2)7-13(5-3-4-6-13)9-18-8-12(20)19-10-14(15,16)17/h11,18H,3-10H2,1-2H3,(H,19,20). The predicted octanol–water partition coefficient (Wildman–Crippen LogP) is 2.86. The molecule has 1 fully saturated rings. The fourth-order valence-corrected chi connectivity index (χ4v) is 3.15. The van der Waals surface area contributed by atoms with Crippen molar-refractivity contribution in [1.29, 1.82) is 0 Å². The maximum Gasteiger partial charge on any atom is 0.405 e. The molecule has 20 heavy (non-hydrogen) atoms. The van der Waals surface area contributed by atoms with E-state index in [-0.39, 0.29) is 12.0 Å². The van der Waals surface area contributed by atoms with Gasteiger partial charge in [0.05, 0.1) is 6.54 Å². The number of amides is 1. The molecule has 0 heterocycles. The summed E-state index contributed by atoms with van der Waals surface area (Å²) in [6.45, 7) is 3.76. The van der Waals surface area contributed by atoms with Gasteiger partial charge in [0.2, 0.25) is 5.91 Å². The van der Waals surface area contributed by atoms with E-state index < -0.39 is 18.6 Å². The zero-order valence-electron chi connectivity index (χ0n) is 12.3. The third-order valence-corrected chi connectivity index (χ3v) is 3.78. The van der Waals surface area contributed by atoms with Crippen molar-refractivity contribution in [3.63, 3.8) is 0 Å². The highest BCUT2D eigenvalue weighted by atomic mass is 19.4. The summed E-state index contributed by atoms with van der Waals surface area (Å²) in [5, 5.41) is 4.91. The van der Waals surface area contributed by atoms with E-state index in [9.17, 15) is 18.0 Å². The normalized spacial score (nSPS) is 18.5. The minimum Gasteiger partial charge on any atom is -0.346 e. The molecule has 0 radical (unpaired) electrons. The smallest absolute Gasteiger partial charge is 0.346 e. The zero-order valence-corrected chi connectivity index (χ0v) is 12.3. The zero-order chi connectivity index (χ0) is 15.2. The molecular formula is C14H25F3N2O. The Balaban J connectivity index is 2.29. The van der Waals surface area contributed by atoms with E-state index in [1.54, 1.807) is 0 Å². The lowest BCUT2D eigenvalue weighted by Crippen LogP contribution is -2.42. The van der Waals surface area contributed by atoms with Crippen LogP contribution in [-0.4, -0.2) is 31.7 Å². The van der Waals surface area contributed by atoms with Crippen LogP contribution in [0.1, 0.15) is 46.0 Å². The van der Waals surface area contributed by atoms with E-state index in [1.165, 1.54) is 12.8 Å². The lowest BCUT2D eigenvalue weighted by Gasteiger charge is -2.31. The molecule has 0 aromatic rings. The van der Waals surface area contributed by atoms with Gasteiger partial charge >= 0.3 is 6.18 Å². The van der Waals surface area contributed by atoms with Gasteiger partial charge in [0.15, 0.2) is 0 Å². The average molecular weight is 294 g/mol. The molecule has 118 valence electrons. The Hall–Kier alpha value is -0.780. The van der Waals surface area contributed by atoms with E-state index in [4.69, 9.17) is 0 Å². The number of alkyl halides is 3. The number of carbonyl (C=O) groups is 1. The van der Waals surface area contributed by atoms with E-state index >= 15 is 0 Å². The maximum atomic E-state index is 12.0. The van der Waals surface area contributed by atoms with Crippen molar-refractivity contribution in [3.8, 4) is 0 Å². The molecule has 1 aliphatic rings. The van der Waals surface area contributed by atoms with Crippen molar-refractivity contribution in [2.45, 2.75) is 52.1 Å². The lowest BCUT2D eigenvalue weighted by atomic mass is 9.78. The molecule has 1 amide bonds. The van der Waals surface area contributed by atoms with Crippen LogP contribution < -0.4 is 10.6 Å². The molecule has 0 atom stereocenters. The number of rotatable bonds is 7. The predicted molar refractivity (Wildman–Crippen MR) is 72.3 cm³/mol. The summed E-state index contributed by atoms with van der Waals surface area (Å²) in [6, 6.07) is 0. The fraction of sp³-hybridized carbons (Fsp3) is 0.929. The Morgan fingerprint density at radius 3 is 2.35 bits per heavy atom.